The van der Waals surface area contributed by atoms with Crippen LogP contribution in [0.2, 0.25) is 0 Å². The minimum atomic E-state index is -0.0822. The molecule has 0 aliphatic heterocycles. The maximum Gasteiger partial charge on any atom is 0.224 e. The molecule has 1 aromatic heterocycles. The standard InChI is InChI=1S/C19H25BrN2O2/c1-13-16(24-18(22-13)19(2,3)4)9-6-10-21-17(23)12-14-7-5-8-15(20)11-14/h5,7-8,11H,6,9-10,12H2,1-4H3,(H,21,23). The summed E-state index contributed by atoms with van der Waals surface area (Å²) >= 11 is 3.42. The number of aromatic nitrogens is 1. The van der Waals surface area contributed by atoms with Gasteiger partial charge in [-0.05, 0) is 31.0 Å². The van der Waals surface area contributed by atoms with Crippen molar-refractivity contribution in [2.24, 2.45) is 0 Å². The number of rotatable bonds is 6. The van der Waals surface area contributed by atoms with Gasteiger partial charge in [0.05, 0.1) is 12.1 Å². The topological polar surface area (TPSA) is 55.1 Å². The number of nitrogens with zero attached hydrogens (tertiary/aromatic N) is 1. The quantitative estimate of drug-likeness (QED) is 0.743. The summed E-state index contributed by atoms with van der Waals surface area (Å²) in [7, 11) is 0. The second kappa shape index (κ2) is 7.97. The number of benzene rings is 1. The summed E-state index contributed by atoms with van der Waals surface area (Å²) in [6.07, 6.45) is 2.02. The van der Waals surface area contributed by atoms with Crippen LogP contribution >= 0.6 is 15.9 Å². The average molecular weight is 393 g/mol. The predicted molar refractivity (Wildman–Crippen MR) is 99.1 cm³/mol. The molecule has 4 nitrogen and oxygen atoms in total. The van der Waals surface area contributed by atoms with E-state index in [2.05, 4.69) is 47.0 Å². The zero-order chi connectivity index (χ0) is 17.7. The molecular formula is C19H25BrN2O2. The molecule has 130 valence electrons. The Morgan fingerprint density at radius 3 is 2.71 bits per heavy atom. The van der Waals surface area contributed by atoms with Crippen molar-refractivity contribution in [2.75, 3.05) is 6.54 Å². The summed E-state index contributed by atoms with van der Waals surface area (Å²) in [6, 6.07) is 7.81. The van der Waals surface area contributed by atoms with Crippen LogP contribution in [-0.4, -0.2) is 17.4 Å². The lowest BCUT2D eigenvalue weighted by Gasteiger charge is -2.12. The summed E-state index contributed by atoms with van der Waals surface area (Å²) < 4.78 is 6.85. The van der Waals surface area contributed by atoms with Crippen LogP contribution in [0.3, 0.4) is 0 Å². The third kappa shape index (κ3) is 5.48. The lowest BCUT2D eigenvalue weighted by molar-refractivity contribution is -0.120. The van der Waals surface area contributed by atoms with Crippen molar-refractivity contribution in [2.45, 2.75) is 52.4 Å². The second-order valence-electron chi connectivity index (χ2n) is 7.04. The molecule has 0 unspecified atom stereocenters. The van der Waals surface area contributed by atoms with Gasteiger partial charge in [-0.1, -0.05) is 48.8 Å². The van der Waals surface area contributed by atoms with Gasteiger partial charge < -0.3 is 9.73 Å². The number of oxazole rings is 1. The third-order valence-electron chi connectivity index (χ3n) is 3.69. The highest BCUT2D eigenvalue weighted by Gasteiger charge is 2.21. The molecule has 1 heterocycles. The fourth-order valence-electron chi connectivity index (χ4n) is 2.35. The zero-order valence-electron chi connectivity index (χ0n) is 14.8. The molecule has 1 amide bonds. The number of halogens is 1. The number of aryl methyl sites for hydroxylation is 2. The normalized spacial score (nSPS) is 11.5. The van der Waals surface area contributed by atoms with E-state index < -0.39 is 0 Å². The van der Waals surface area contributed by atoms with Crippen LogP contribution in [0.5, 0.6) is 0 Å². The molecule has 1 aromatic carbocycles. The Hall–Kier alpha value is -1.62. The van der Waals surface area contributed by atoms with E-state index in [-0.39, 0.29) is 11.3 Å². The van der Waals surface area contributed by atoms with Crippen molar-refractivity contribution in [1.29, 1.82) is 0 Å². The zero-order valence-corrected chi connectivity index (χ0v) is 16.4. The van der Waals surface area contributed by atoms with Gasteiger partial charge in [-0.15, -0.1) is 0 Å². The minimum absolute atomic E-state index is 0.0396. The van der Waals surface area contributed by atoms with Gasteiger partial charge in [-0.2, -0.15) is 0 Å². The second-order valence-corrected chi connectivity index (χ2v) is 7.95. The van der Waals surface area contributed by atoms with E-state index in [4.69, 9.17) is 4.42 Å². The number of carbonyl (C=O) groups excluding carboxylic acids is 1. The summed E-state index contributed by atoms with van der Waals surface area (Å²) in [5, 5.41) is 2.96. The van der Waals surface area contributed by atoms with E-state index in [1.807, 2.05) is 31.2 Å². The van der Waals surface area contributed by atoms with Gasteiger partial charge >= 0.3 is 0 Å². The van der Waals surface area contributed by atoms with Crippen LogP contribution in [0.4, 0.5) is 0 Å². The first-order valence-corrected chi connectivity index (χ1v) is 9.03. The summed E-state index contributed by atoms with van der Waals surface area (Å²) in [5.74, 6) is 1.73. The Morgan fingerprint density at radius 2 is 2.08 bits per heavy atom. The third-order valence-corrected chi connectivity index (χ3v) is 4.18. The lowest BCUT2D eigenvalue weighted by Crippen LogP contribution is -2.26. The molecule has 0 aliphatic carbocycles. The first kappa shape index (κ1) is 18.7. The molecule has 0 saturated carbocycles. The molecule has 0 radical (unpaired) electrons. The fourth-order valence-corrected chi connectivity index (χ4v) is 2.80. The molecule has 24 heavy (non-hydrogen) atoms. The van der Waals surface area contributed by atoms with E-state index in [0.717, 1.165) is 40.2 Å². The highest BCUT2D eigenvalue weighted by Crippen LogP contribution is 2.24. The van der Waals surface area contributed by atoms with Crippen molar-refractivity contribution in [1.82, 2.24) is 10.3 Å². The molecule has 0 spiro atoms. The van der Waals surface area contributed by atoms with Crippen LogP contribution in [0.25, 0.3) is 0 Å². The van der Waals surface area contributed by atoms with Crippen molar-refractivity contribution in [3.63, 3.8) is 0 Å². The van der Waals surface area contributed by atoms with Crippen LogP contribution in [-0.2, 0) is 23.1 Å². The first-order chi connectivity index (χ1) is 11.3. The maximum atomic E-state index is 12.0. The average Bonchev–Trinajstić information content (AvgIpc) is 2.85. The predicted octanol–water partition coefficient (Wildman–Crippen LogP) is 4.33. The highest BCUT2D eigenvalue weighted by molar-refractivity contribution is 9.10. The minimum Gasteiger partial charge on any atom is -0.445 e. The number of carbonyl (C=O) groups is 1. The number of nitrogens with one attached hydrogen (secondary N) is 1. The van der Waals surface area contributed by atoms with Gasteiger partial charge in [0.1, 0.15) is 5.76 Å². The van der Waals surface area contributed by atoms with E-state index in [1.165, 1.54) is 0 Å². The number of amides is 1. The maximum absolute atomic E-state index is 12.0. The van der Waals surface area contributed by atoms with E-state index in [9.17, 15) is 4.79 Å². The Labute approximate surface area is 152 Å². The Bertz CT molecular complexity index is 702. The van der Waals surface area contributed by atoms with Gasteiger partial charge in [0.25, 0.3) is 0 Å². The molecule has 0 aliphatic rings. The summed E-state index contributed by atoms with van der Waals surface area (Å²) in [6.45, 7) is 8.87. The molecule has 0 saturated heterocycles. The molecule has 0 atom stereocenters. The molecule has 0 bridgehead atoms. The van der Waals surface area contributed by atoms with Gasteiger partial charge in [-0.3, -0.25) is 4.79 Å². The molecule has 5 heteroatoms. The van der Waals surface area contributed by atoms with Crippen LogP contribution in [0.15, 0.2) is 33.2 Å². The molecular weight excluding hydrogens is 368 g/mol. The smallest absolute Gasteiger partial charge is 0.224 e. The Kier molecular flexibility index (Phi) is 6.21. The van der Waals surface area contributed by atoms with Crippen molar-refractivity contribution in [3.05, 3.63) is 51.6 Å². The van der Waals surface area contributed by atoms with Crippen LogP contribution in [0, 0.1) is 6.92 Å². The van der Waals surface area contributed by atoms with E-state index >= 15 is 0 Å². The van der Waals surface area contributed by atoms with Crippen molar-refractivity contribution < 1.29 is 9.21 Å². The Balaban J connectivity index is 1.77. The molecule has 0 fully saturated rings. The van der Waals surface area contributed by atoms with Gasteiger partial charge in [0.2, 0.25) is 5.91 Å². The van der Waals surface area contributed by atoms with Crippen molar-refractivity contribution in [3.8, 4) is 0 Å². The van der Waals surface area contributed by atoms with Crippen molar-refractivity contribution >= 4 is 21.8 Å². The molecule has 2 rings (SSSR count). The van der Waals surface area contributed by atoms with Gasteiger partial charge in [-0.25, -0.2) is 4.98 Å². The van der Waals surface area contributed by atoms with Gasteiger partial charge in [0, 0.05) is 22.9 Å². The summed E-state index contributed by atoms with van der Waals surface area (Å²) in [5.41, 5.74) is 1.87. The number of hydrogen-bond donors (Lipinski definition) is 1. The number of hydrogen-bond acceptors (Lipinski definition) is 3. The Morgan fingerprint density at radius 1 is 1.33 bits per heavy atom. The SMILES string of the molecule is Cc1nc(C(C)(C)C)oc1CCCNC(=O)Cc1cccc(Br)c1. The van der Waals surface area contributed by atoms with Crippen LogP contribution < -0.4 is 5.32 Å². The van der Waals surface area contributed by atoms with Gasteiger partial charge in [0.15, 0.2) is 5.89 Å². The lowest BCUT2D eigenvalue weighted by atomic mass is 9.97. The molecule has 1 N–H and O–H groups in total. The van der Waals surface area contributed by atoms with E-state index in [0.29, 0.717) is 13.0 Å². The largest absolute Gasteiger partial charge is 0.445 e. The first-order valence-electron chi connectivity index (χ1n) is 8.23. The van der Waals surface area contributed by atoms with Crippen LogP contribution in [0.1, 0.15) is 50.1 Å². The van der Waals surface area contributed by atoms with E-state index in [1.54, 1.807) is 0 Å². The monoisotopic (exact) mass is 392 g/mol. The highest BCUT2D eigenvalue weighted by atomic mass is 79.9. The summed E-state index contributed by atoms with van der Waals surface area (Å²) in [4.78, 5) is 16.5. The fraction of sp³-hybridized carbons (Fsp3) is 0.474. The molecule has 2 aromatic rings.